The van der Waals surface area contributed by atoms with Crippen LogP contribution in [0.2, 0.25) is 0 Å². The van der Waals surface area contributed by atoms with E-state index < -0.39 is 36.0 Å². The molecule has 0 aliphatic rings. The van der Waals surface area contributed by atoms with Gasteiger partial charge in [0.15, 0.2) is 0 Å². The number of halogens is 6. The van der Waals surface area contributed by atoms with Crippen LogP contribution in [-0.2, 0) is 17.9 Å². The molecule has 0 bridgehead atoms. The highest BCUT2D eigenvalue weighted by molar-refractivity contribution is 5.42. The second-order valence-electron chi connectivity index (χ2n) is 2.98. The van der Waals surface area contributed by atoms with Crippen molar-refractivity contribution in [1.29, 1.82) is 0 Å². The van der Waals surface area contributed by atoms with Crippen molar-refractivity contribution in [2.24, 2.45) is 0 Å². The molecule has 0 aliphatic heterocycles. The largest absolute Gasteiger partial charge is 0.573 e. The van der Waals surface area contributed by atoms with Gasteiger partial charge in [-0.15, -0.1) is 13.2 Å². The lowest BCUT2D eigenvalue weighted by molar-refractivity contribution is -0.276. The molecule has 0 atom stereocenters. The van der Waals surface area contributed by atoms with Crippen LogP contribution < -0.4 is 4.74 Å². The first-order valence-electron chi connectivity index (χ1n) is 4.18. The molecule has 8 heteroatoms. The van der Waals surface area contributed by atoms with Gasteiger partial charge in [0.25, 0.3) is 0 Å². The number of ether oxygens (including phenoxy) is 1. The van der Waals surface area contributed by atoms with Crippen LogP contribution in [0.5, 0.6) is 5.75 Å². The smallest absolute Gasteiger partial charge is 0.405 e. The van der Waals surface area contributed by atoms with E-state index in [1.54, 1.807) is 0 Å². The zero-order valence-electron chi connectivity index (χ0n) is 8.02. The Labute approximate surface area is 91.4 Å². The van der Waals surface area contributed by atoms with E-state index >= 15 is 0 Å². The minimum atomic E-state index is -5.25. The Balaban J connectivity index is 3.30. The van der Waals surface area contributed by atoms with Crippen molar-refractivity contribution in [2.75, 3.05) is 0 Å². The molecule has 0 fully saturated rings. The van der Waals surface area contributed by atoms with E-state index in [1.165, 1.54) is 0 Å². The van der Waals surface area contributed by atoms with Crippen molar-refractivity contribution in [1.82, 2.24) is 0 Å². The van der Waals surface area contributed by atoms with E-state index in [-0.39, 0.29) is 0 Å². The predicted molar refractivity (Wildman–Crippen MR) is 42.5 cm³/mol. The van der Waals surface area contributed by atoms with Gasteiger partial charge in [-0.05, 0) is 11.6 Å². The second kappa shape index (κ2) is 4.44. The molecule has 0 amide bonds. The zero-order chi connectivity index (χ0) is 13.3. The molecule has 0 unspecified atom stereocenters. The first kappa shape index (κ1) is 13.6. The molecule has 0 N–H and O–H groups in total. The van der Waals surface area contributed by atoms with Gasteiger partial charge in [0, 0.05) is 0 Å². The molecule has 2 nitrogen and oxygen atoms in total. The maximum Gasteiger partial charge on any atom is 0.573 e. The van der Waals surface area contributed by atoms with E-state index in [1.807, 2.05) is 0 Å². The van der Waals surface area contributed by atoms with Crippen molar-refractivity contribution in [2.45, 2.75) is 19.1 Å². The molecular formula is C9H5F6O2. The predicted octanol–water partition coefficient (Wildman–Crippen LogP) is 3.53. The Bertz CT molecular complexity index is 395. The molecule has 0 heterocycles. The van der Waals surface area contributed by atoms with E-state index in [9.17, 15) is 31.4 Å². The van der Waals surface area contributed by atoms with Crippen molar-refractivity contribution < 1.29 is 36.2 Å². The van der Waals surface area contributed by atoms with Crippen molar-refractivity contribution in [3.05, 3.63) is 29.3 Å². The Morgan fingerprint density at radius 3 is 2.06 bits per heavy atom. The van der Waals surface area contributed by atoms with Crippen LogP contribution in [0.4, 0.5) is 26.3 Å². The quantitative estimate of drug-likeness (QED) is 0.747. The van der Waals surface area contributed by atoms with Gasteiger partial charge >= 0.3 is 12.5 Å². The third-order valence-electron chi connectivity index (χ3n) is 1.78. The maximum atomic E-state index is 12.5. The third-order valence-corrected chi connectivity index (χ3v) is 1.78. The minimum absolute atomic E-state index is 0.509. The lowest BCUT2D eigenvalue weighted by atomic mass is 10.1. The fourth-order valence-corrected chi connectivity index (χ4v) is 1.23. The molecule has 0 saturated heterocycles. The molecule has 0 aromatic heterocycles. The van der Waals surface area contributed by atoms with E-state index in [2.05, 4.69) is 4.74 Å². The fourth-order valence-electron chi connectivity index (χ4n) is 1.23. The summed E-state index contributed by atoms with van der Waals surface area (Å²) in [6.45, 7) is -1.29. The number of rotatable bonds is 2. The molecule has 1 aromatic carbocycles. The summed E-state index contributed by atoms with van der Waals surface area (Å²) in [4.78, 5) is 0. The van der Waals surface area contributed by atoms with Crippen LogP contribution in [-0.4, -0.2) is 6.36 Å². The lowest BCUT2D eigenvalue weighted by Gasteiger charge is -2.17. The SMILES string of the molecule is [O]Cc1cccc(OC(F)(F)F)c1C(F)(F)F. The van der Waals surface area contributed by atoms with Gasteiger partial charge in [0.1, 0.15) is 17.9 Å². The summed E-state index contributed by atoms with van der Waals surface area (Å²) in [5.41, 5.74) is -2.48. The maximum absolute atomic E-state index is 12.5. The number of benzene rings is 1. The second-order valence-corrected chi connectivity index (χ2v) is 2.98. The molecule has 1 rings (SSSR count). The molecule has 95 valence electrons. The molecule has 0 aliphatic carbocycles. The van der Waals surface area contributed by atoms with Crippen LogP contribution in [0.15, 0.2) is 18.2 Å². The summed E-state index contributed by atoms with van der Waals surface area (Å²) >= 11 is 0. The van der Waals surface area contributed by atoms with Crippen LogP contribution in [0.3, 0.4) is 0 Å². The highest BCUT2D eigenvalue weighted by atomic mass is 19.4. The normalized spacial score (nSPS) is 12.6. The average Bonchev–Trinajstić information content (AvgIpc) is 2.12. The van der Waals surface area contributed by atoms with Crippen LogP contribution in [0, 0.1) is 0 Å². The van der Waals surface area contributed by atoms with Gasteiger partial charge in [-0.1, -0.05) is 12.1 Å². The van der Waals surface area contributed by atoms with Gasteiger partial charge in [0.05, 0.1) is 0 Å². The number of hydrogen-bond donors (Lipinski definition) is 0. The summed E-state index contributed by atoms with van der Waals surface area (Å²) in [6, 6.07) is 2.21. The minimum Gasteiger partial charge on any atom is -0.405 e. The number of hydrogen-bond acceptors (Lipinski definition) is 1. The first-order valence-corrected chi connectivity index (χ1v) is 4.18. The molecule has 1 radical (unpaired) electrons. The van der Waals surface area contributed by atoms with E-state index in [0.29, 0.717) is 6.07 Å². The monoisotopic (exact) mass is 259 g/mol. The molecule has 0 saturated carbocycles. The van der Waals surface area contributed by atoms with Crippen LogP contribution in [0.1, 0.15) is 11.1 Å². The Morgan fingerprint density at radius 2 is 1.65 bits per heavy atom. The van der Waals surface area contributed by atoms with Crippen molar-refractivity contribution in [3.8, 4) is 5.75 Å². The summed E-state index contributed by atoms with van der Waals surface area (Å²) < 4.78 is 76.3. The van der Waals surface area contributed by atoms with Crippen LogP contribution in [0.25, 0.3) is 0 Å². The standard InChI is InChI=1S/C9H5F6O2/c10-8(11,12)7-5(4-16)2-1-3-6(7)17-9(13,14)15/h1-3H,4H2. The van der Waals surface area contributed by atoms with Gasteiger partial charge in [-0.2, -0.15) is 13.2 Å². The zero-order valence-corrected chi connectivity index (χ0v) is 8.02. The van der Waals surface area contributed by atoms with Crippen molar-refractivity contribution >= 4 is 0 Å². The average molecular weight is 259 g/mol. The topological polar surface area (TPSA) is 29.1 Å². The van der Waals surface area contributed by atoms with Crippen LogP contribution >= 0.6 is 0 Å². The highest BCUT2D eigenvalue weighted by Crippen LogP contribution is 2.40. The van der Waals surface area contributed by atoms with Gasteiger partial charge in [-0.3, -0.25) is 0 Å². The highest BCUT2D eigenvalue weighted by Gasteiger charge is 2.41. The molecule has 17 heavy (non-hydrogen) atoms. The van der Waals surface area contributed by atoms with E-state index in [0.717, 1.165) is 12.1 Å². The van der Waals surface area contributed by atoms with E-state index in [4.69, 9.17) is 0 Å². The Hall–Kier alpha value is -1.44. The summed E-state index contributed by atoms with van der Waals surface area (Å²) in [5.74, 6) is -1.42. The van der Waals surface area contributed by atoms with Gasteiger partial charge in [-0.25, -0.2) is 5.11 Å². The van der Waals surface area contributed by atoms with Crippen molar-refractivity contribution in [3.63, 3.8) is 0 Å². The summed E-state index contributed by atoms with van der Waals surface area (Å²) in [6.07, 6.45) is -10.3. The lowest BCUT2D eigenvalue weighted by Crippen LogP contribution is -2.21. The first-order chi connectivity index (χ1) is 7.65. The molecule has 1 aromatic rings. The molecular weight excluding hydrogens is 254 g/mol. The third kappa shape index (κ3) is 3.52. The fraction of sp³-hybridized carbons (Fsp3) is 0.333. The Morgan fingerprint density at radius 1 is 1.06 bits per heavy atom. The Kier molecular flexibility index (Phi) is 3.56. The van der Waals surface area contributed by atoms with Gasteiger partial charge < -0.3 is 4.74 Å². The van der Waals surface area contributed by atoms with Gasteiger partial charge in [0.2, 0.25) is 0 Å². The number of alkyl halides is 6. The summed E-state index contributed by atoms with van der Waals surface area (Å²) in [5, 5.41) is 10.5. The summed E-state index contributed by atoms with van der Waals surface area (Å²) in [7, 11) is 0. The molecule has 0 spiro atoms.